The minimum absolute atomic E-state index is 0.0468. The number of nitrogens with zero attached hydrogens (tertiary/aromatic N) is 5. The van der Waals surface area contributed by atoms with Gasteiger partial charge >= 0.3 is 0 Å². The maximum Gasteiger partial charge on any atom is 0.166 e. The quantitative estimate of drug-likeness (QED) is 0.188. The molecule has 10 rings (SSSR count). The molecule has 234 valence electrons. The topological polar surface area (TPSA) is 56.5 Å². The first kappa shape index (κ1) is 28.3. The van der Waals surface area contributed by atoms with Crippen molar-refractivity contribution in [2.45, 2.75) is 5.92 Å². The molecule has 0 atom stereocenters. The monoisotopic (exact) mass is 639 g/mol. The van der Waals surface area contributed by atoms with Crippen LogP contribution in [0.2, 0.25) is 0 Å². The lowest BCUT2D eigenvalue weighted by molar-refractivity contribution is 1.000. The predicted molar refractivity (Wildman–Crippen MR) is 201 cm³/mol. The summed E-state index contributed by atoms with van der Waals surface area (Å²) in [5.74, 6) is 1.86. The Morgan fingerprint density at radius 2 is 0.880 bits per heavy atom. The summed E-state index contributed by atoms with van der Waals surface area (Å²) in [6.07, 6.45) is 3.59. The van der Waals surface area contributed by atoms with Gasteiger partial charge in [0.25, 0.3) is 0 Å². The molecule has 0 saturated carbocycles. The Balaban J connectivity index is 1.22. The molecule has 0 radical (unpaired) electrons. The zero-order valence-corrected chi connectivity index (χ0v) is 27.0. The van der Waals surface area contributed by atoms with Crippen LogP contribution in [0.25, 0.3) is 72.8 Å². The standard InChI is InChI=1S/C45H29N5/c1-3-19-34-30(15-1)31-16-2-4-20-35(31)42(34)36-21-5-6-22-37(36)44-47-43(29-14-13-27-46-28-29)48-45(49-44)38-23-9-12-26-41(38)50-39-24-10-7-17-32(39)33-18-8-11-25-40(33)50/h1-28,42H. The van der Waals surface area contributed by atoms with E-state index in [-0.39, 0.29) is 5.92 Å². The normalized spacial score (nSPS) is 12.3. The molecule has 3 aromatic heterocycles. The number of pyridine rings is 1. The van der Waals surface area contributed by atoms with Gasteiger partial charge in [-0.2, -0.15) is 0 Å². The summed E-state index contributed by atoms with van der Waals surface area (Å²) in [5, 5.41) is 2.41. The lowest BCUT2D eigenvalue weighted by atomic mass is 9.86. The molecule has 0 bridgehead atoms. The Bertz CT molecular complexity index is 2630. The van der Waals surface area contributed by atoms with Gasteiger partial charge in [0.15, 0.2) is 17.5 Å². The number of benzene rings is 6. The maximum atomic E-state index is 5.32. The fraction of sp³-hybridized carbons (Fsp3) is 0.0222. The van der Waals surface area contributed by atoms with Gasteiger partial charge < -0.3 is 4.57 Å². The molecule has 0 fully saturated rings. The molecule has 0 saturated heterocycles. The highest BCUT2D eigenvalue weighted by Crippen LogP contribution is 2.49. The van der Waals surface area contributed by atoms with Crippen LogP contribution in [0.1, 0.15) is 22.6 Å². The highest BCUT2D eigenvalue weighted by Gasteiger charge is 2.31. The van der Waals surface area contributed by atoms with Crippen molar-refractivity contribution in [1.82, 2.24) is 24.5 Å². The van der Waals surface area contributed by atoms with E-state index in [1.807, 2.05) is 18.3 Å². The van der Waals surface area contributed by atoms with Crippen LogP contribution >= 0.6 is 0 Å². The first-order chi connectivity index (χ1) is 24.8. The van der Waals surface area contributed by atoms with Crippen molar-refractivity contribution in [2.24, 2.45) is 0 Å². The molecular formula is C45H29N5. The van der Waals surface area contributed by atoms with Crippen molar-refractivity contribution in [1.29, 1.82) is 0 Å². The van der Waals surface area contributed by atoms with Gasteiger partial charge in [-0.15, -0.1) is 0 Å². The highest BCUT2D eigenvalue weighted by molar-refractivity contribution is 6.09. The number of para-hydroxylation sites is 3. The van der Waals surface area contributed by atoms with E-state index >= 15 is 0 Å². The van der Waals surface area contributed by atoms with E-state index in [9.17, 15) is 0 Å². The van der Waals surface area contributed by atoms with Crippen LogP contribution in [-0.2, 0) is 0 Å². The van der Waals surface area contributed by atoms with Crippen LogP contribution < -0.4 is 0 Å². The Hall–Kier alpha value is -6.72. The second-order valence-electron chi connectivity index (χ2n) is 12.6. The molecule has 0 spiro atoms. The van der Waals surface area contributed by atoms with Crippen LogP contribution in [-0.4, -0.2) is 24.5 Å². The van der Waals surface area contributed by atoms with Crippen LogP contribution in [0.3, 0.4) is 0 Å². The molecule has 5 nitrogen and oxygen atoms in total. The second kappa shape index (κ2) is 11.5. The van der Waals surface area contributed by atoms with Crippen molar-refractivity contribution in [3.63, 3.8) is 0 Å². The summed E-state index contributed by atoms with van der Waals surface area (Å²) in [6, 6.07) is 55.5. The van der Waals surface area contributed by atoms with E-state index in [1.165, 1.54) is 33.0 Å². The summed E-state index contributed by atoms with van der Waals surface area (Å²) < 4.78 is 2.33. The third-order valence-corrected chi connectivity index (χ3v) is 9.87. The Kier molecular flexibility index (Phi) is 6.49. The maximum absolute atomic E-state index is 5.32. The predicted octanol–water partition coefficient (Wildman–Crippen LogP) is 10.5. The van der Waals surface area contributed by atoms with Gasteiger partial charge in [0, 0.05) is 45.8 Å². The Labute approximate surface area is 289 Å². The van der Waals surface area contributed by atoms with Crippen LogP contribution in [0, 0.1) is 0 Å². The van der Waals surface area contributed by atoms with Gasteiger partial charge in [0.05, 0.1) is 16.7 Å². The van der Waals surface area contributed by atoms with E-state index in [0.29, 0.717) is 17.5 Å². The molecule has 0 aliphatic heterocycles. The Morgan fingerprint density at radius 1 is 0.400 bits per heavy atom. The number of hydrogen-bond donors (Lipinski definition) is 0. The van der Waals surface area contributed by atoms with Crippen LogP contribution in [0.4, 0.5) is 0 Å². The molecule has 0 unspecified atom stereocenters. The van der Waals surface area contributed by atoms with Crippen molar-refractivity contribution in [3.05, 3.63) is 187 Å². The molecule has 0 amide bonds. The summed E-state index contributed by atoms with van der Waals surface area (Å²) in [5.41, 5.74) is 12.3. The zero-order chi connectivity index (χ0) is 33.0. The van der Waals surface area contributed by atoms with Gasteiger partial charge in [0.2, 0.25) is 0 Å². The average Bonchev–Trinajstić information content (AvgIpc) is 3.71. The zero-order valence-electron chi connectivity index (χ0n) is 27.0. The fourth-order valence-electron chi connectivity index (χ4n) is 7.72. The van der Waals surface area contributed by atoms with E-state index in [1.54, 1.807) is 6.20 Å². The molecule has 5 heteroatoms. The highest BCUT2D eigenvalue weighted by atomic mass is 15.1. The minimum Gasteiger partial charge on any atom is -0.309 e. The summed E-state index contributed by atoms with van der Waals surface area (Å²) in [6.45, 7) is 0. The smallest absolute Gasteiger partial charge is 0.166 e. The fourth-order valence-corrected chi connectivity index (χ4v) is 7.72. The van der Waals surface area contributed by atoms with Gasteiger partial charge in [-0.05, 0) is 64.2 Å². The molecule has 1 aliphatic rings. The molecule has 50 heavy (non-hydrogen) atoms. The van der Waals surface area contributed by atoms with Gasteiger partial charge in [0.1, 0.15) is 0 Å². The number of rotatable bonds is 5. The summed E-state index contributed by atoms with van der Waals surface area (Å²) in [7, 11) is 0. The molecule has 0 N–H and O–H groups in total. The number of hydrogen-bond acceptors (Lipinski definition) is 4. The van der Waals surface area contributed by atoms with Crippen molar-refractivity contribution in [3.8, 4) is 51.0 Å². The Morgan fingerprint density at radius 3 is 1.50 bits per heavy atom. The largest absolute Gasteiger partial charge is 0.309 e. The van der Waals surface area contributed by atoms with E-state index in [0.717, 1.165) is 39.0 Å². The van der Waals surface area contributed by atoms with E-state index in [2.05, 4.69) is 155 Å². The summed E-state index contributed by atoms with van der Waals surface area (Å²) in [4.78, 5) is 20.1. The SMILES string of the molecule is c1cncc(-c2nc(-c3ccccc3C3c4ccccc4-c4ccccc43)nc(-c3ccccc3-n3c4ccccc4c4ccccc43)n2)c1. The lowest BCUT2D eigenvalue weighted by Crippen LogP contribution is -2.06. The first-order valence-electron chi connectivity index (χ1n) is 16.9. The molecular weight excluding hydrogens is 611 g/mol. The van der Waals surface area contributed by atoms with Crippen molar-refractivity contribution < 1.29 is 0 Å². The lowest BCUT2D eigenvalue weighted by Gasteiger charge is -2.19. The van der Waals surface area contributed by atoms with Crippen molar-refractivity contribution >= 4 is 21.8 Å². The third kappa shape index (κ3) is 4.41. The number of aromatic nitrogens is 5. The average molecular weight is 640 g/mol. The molecule has 3 heterocycles. The van der Waals surface area contributed by atoms with E-state index < -0.39 is 0 Å². The van der Waals surface area contributed by atoms with Crippen LogP contribution in [0.5, 0.6) is 0 Å². The van der Waals surface area contributed by atoms with Gasteiger partial charge in [-0.25, -0.2) is 15.0 Å². The van der Waals surface area contributed by atoms with Crippen molar-refractivity contribution in [2.75, 3.05) is 0 Å². The third-order valence-electron chi connectivity index (χ3n) is 9.87. The molecule has 6 aromatic carbocycles. The molecule has 9 aromatic rings. The first-order valence-corrected chi connectivity index (χ1v) is 16.9. The second-order valence-corrected chi connectivity index (χ2v) is 12.6. The van der Waals surface area contributed by atoms with E-state index in [4.69, 9.17) is 15.0 Å². The summed E-state index contributed by atoms with van der Waals surface area (Å²) >= 11 is 0. The molecule has 1 aliphatic carbocycles. The minimum atomic E-state index is 0.0468. The van der Waals surface area contributed by atoms with Gasteiger partial charge in [-0.3, -0.25) is 4.98 Å². The van der Waals surface area contributed by atoms with Crippen LogP contribution in [0.15, 0.2) is 170 Å². The van der Waals surface area contributed by atoms with Gasteiger partial charge in [-0.1, -0.05) is 121 Å². The number of fused-ring (bicyclic) bond motifs is 6.